The first-order valence-corrected chi connectivity index (χ1v) is 5.42. The van der Waals surface area contributed by atoms with E-state index in [2.05, 4.69) is 4.98 Å². The number of halogens is 3. The average molecular weight is 256 g/mol. The van der Waals surface area contributed by atoms with E-state index in [1.165, 1.54) is 6.07 Å². The molecule has 16 heavy (non-hydrogen) atoms. The Balaban J connectivity index is 2.62. The summed E-state index contributed by atoms with van der Waals surface area (Å²) in [6, 6.07) is 7.88. The van der Waals surface area contributed by atoms with E-state index in [1.807, 2.05) is 0 Å². The van der Waals surface area contributed by atoms with Crippen LogP contribution < -0.4 is 0 Å². The third-order valence-corrected chi connectivity index (χ3v) is 2.72. The molecular weight excluding hydrogens is 248 g/mol. The lowest BCUT2D eigenvalue weighted by Gasteiger charge is -2.06. The predicted octanol–water partition coefficient (Wildman–Crippen LogP) is 4.50. The van der Waals surface area contributed by atoms with Gasteiger partial charge in [0.15, 0.2) is 0 Å². The normalized spacial score (nSPS) is 10.5. The lowest BCUT2D eigenvalue weighted by molar-refractivity contribution is 0.624. The fraction of sp³-hybridized carbons (Fsp3) is 0.0833. The van der Waals surface area contributed by atoms with E-state index < -0.39 is 5.82 Å². The molecule has 1 aromatic heterocycles. The molecule has 1 heterocycles. The van der Waals surface area contributed by atoms with Crippen molar-refractivity contribution in [1.82, 2.24) is 4.98 Å². The van der Waals surface area contributed by atoms with Gasteiger partial charge in [-0.15, -0.1) is 0 Å². The fourth-order valence-electron chi connectivity index (χ4n) is 1.41. The number of aromatic nitrogens is 1. The van der Waals surface area contributed by atoms with Crippen LogP contribution in [0.3, 0.4) is 0 Å². The van der Waals surface area contributed by atoms with E-state index in [0.29, 0.717) is 15.6 Å². The zero-order valence-electron chi connectivity index (χ0n) is 8.47. The molecule has 0 spiro atoms. The second-order valence-corrected chi connectivity index (χ2v) is 4.25. The molecule has 4 heteroatoms. The first-order valence-electron chi connectivity index (χ1n) is 4.66. The Morgan fingerprint density at radius 3 is 2.56 bits per heavy atom. The average Bonchev–Trinajstić information content (AvgIpc) is 2.22. The highest BCUT2D eigenvalue weighted by atomic mass is 35.5. The van der Waals surface area contributed by atoms with Crippen LogP contribution in [-0.4, -0.2) is 4.98 Å². The van der Waals surface area contributed by atoms with Crippen LogP contribution in [0.4, 0.5) is 4.39 Å². The zero-order chi connectivity index (χ0) is 11.7. The van der Waals surface area contributed by atoms with Gasteiger partial charge in [0.2, 0.25) is 0 Å². The molecule has 1 nitrogen and oxygen atoms in total. The second kappa shape index (κ2) is 4.40. The van der Waals surface area contributed by atoms with Crippen molar-refractivity contribution in [3.8, 4) is 11.3 Å². The largest absolute Gasteiger partial charge is 0.250 e. The van der Waals surface area contributed by atoms with E-state index in [9.17, 15) is 4.39 Å². The summed E-state index contributed by atoms with van der Waals surface area (Å²) in [5, 5.41) is 0.909. The molecule has 0 fully saturated rings. The Morgan fingerprint density at radius 2 is 1.88 bits per heavy atom. The van der Waals surface area contributed by atoms with Crippen LogP contribution in [-0.2, 0) is 0 Å². The van der Waals surface area contributed by atoms with Crippen molar-refractivity contribution in [2.45, 2.75) is 6.92 Å². The van der Waals surface area contributed by atoms with E-state index in [1.54, 1.807) is 31.2 Å². The summed E-state index contributed by atoms with van der Waals surface area (Å²) in [5.74, 6) is -0.394. The summed E-state index contributed by atoms with van der Waals surface area (Å²) in [7, 11) is 0. The number of aryl methyl sites for hydroxylation is 1. The molecule has 2 aromatic rings. The lowest BCUT2D eigenvalue weighted by atomic mass is 10.1. The van der Waals surface area contributed by atoms with Crippen LogP contribution in [0.5, 0.6) is 0 Å². The molecule has 0 amide bonds. The molecule has 0 N–H and O–H groups in total. The minimum absolute atomic E-state index is 0.252. The topological polar surface area (TPSA) is 12.9 Å². The van der Waals surface area contributed by atoms with Crippen molar-refractivity contribution < 1.29 is 4.39 Å². The van der Waals surface area contributed by atoms with Gasteiger partial charge in [-0.25, -0.2) is 9.37 Å². The molecular formula is C12H8Cl2FN. The third kappa shape index (κ3) is 2.18. The summed E-state index contributed by atoms with van der Waals surface area (Å²) in [6.07, 6.45) is 0. The Hall–Kier alpha value is -1.12. The van der Waals surface area contributed by atoms with Gasteiger partial charge in [-0.2, -0.15) is 0 Å². The van der Waals surface area contributed by atoms with Crippen LogP contribution in [0.15, 0.2) is 30.3 Å². The van der Waals surface area contributed by atoms with E-state index in [-0.39, 0.29) is 5.69 Å². The Bertz CT molecular complexity index is 541. The zero-order valence-corrected chi connectivity index (χ0v) is 9.98. The van der Waals surface area contributed by atoms with E-state index >= 15 is 0 Å². The van der Waals surface area contributed by atoms with E-state index in [4.69, 9.17) is 23.2 Å². The Kier molecular flexibility index (Phi) is 3.13. The van der Waals surface area contributed by atoms with Crippen LogP contribution >= 0.6 is 23.2 Å². The van der Waals surface area contributed by atoms with Gasteiger partial charge in [-0.05, 0) is 37.3 Å². The summed E-state index contributed by atoms with van der Waals surface area (Å²) < 4.78 is 13.6. The molecule has 0 bridgehead atoms. The molecule has 0 radical (unpaired) electrons. The van der Waals surface area contributed by atoms with Gasteiger partial charge in [-0.3, -0.25) is 0 Å². The van der Waals surface area contributed by atoms with Crippen molar-refractivity contribution >= 4 is 23.2 Å². The summed E-state index contributed by atoms with van der Waals surface area (Å²) in [6.45, 7) is 1.80. The number of nitrogens with zero attached hydrogens (tertiary/aromatic N) is 1. The van der Waals surface area contributed by atoms with Gasteiger partial charge in [0.1, 0.15) is 11.5 Å². The molecule has 82 valence electrons. The molecule has 0 aliphatic rings. The molecule has 1 aromatic carbocycles. The molecule has 0 saturated heterocycles. The Morgan fingerprint density at radius 1 is 1.12 bits per heavy atom. The minimum atomic E-state index is -0.394. The SMILES string of the molecule is Cc1ccc(F)c(-c2ccc(Cl)cc2Cl)n1. The van der Waals surface area contributed by atoms with Crippen LogP contribution in [0, 0.1) is 12.7 Å². The maximum atomic E-state index is 13.6. The molecule has 0 aliphatic heterocycles. The number of benzene rings is 1. The number of hydrogen-bond donors (Lipinski definition) is 0. The van der Waals surface area contributed by atoms with Crippen molar-refractivity contribution in [3.05, 3.63) is 51.9 Å². The highest BCUT2D eigenvalue weighted by molar-refractivity contribution is 6.36. The van der Waals surface area contributed by atoms with Gasteiger partial charge in [0.05, 0.1) is 5.02 Å². The van der Waals surface area contributed by atoms with Crippen LogP contribution in [0.25, 0.3) is 11.3 Å². The van der Waals surface area contributed by atoms with Crippen molar-refractivity contribution in [1.29, 1.82) is 0 Å². The summed E-state index contributed by atoms with van der Waals surface area (Å²) in [4.78, 5) is 4.13. The highest BCUT2D eigenvalue weighted by Crippen LogP contribution is 2.30. The second-order valence-electron chi connectivity index (χ2n) is 3.41. The summed E-state index contributed by atoms with van der Waals surface area (Å²) in [5.41, 5.74) is 1.54. The predicted molar refractivity (Wildman–Crippen MR) is 64.4 cm³/mol. The van der Waals surface area contributed by atoms with Crippen LogP contribution in [0.1, 0.15) is 5.69 Å². The van der Waals surface area contributed by atoms with Gasteiger partial charge in [0.25, 0.3) is 0 Å². The minimum Gasteiger partial charge on any atom is -0.250 e. The van der Waals surface area contributed by atoms with Gasteiger partial charge in [0, 0.05) is 16.3 Å². The van der Waals surface area contributed by atoms with Crippen molar-refractivity contribution in [2.24, 2.45) is 0 Å². The standard InChI is InChI=1S/C12H8Cl2FN/c1-7-2-5-11(15)12(16-7)9-4-3-8(13)6-10(9)14/h2-6H,1H3. The quantitative estimate of drug-likeness (QED) is 0.731. The molecule has 0 unspecified atom stereocenters. The third-order valence-electron chi connectivity index (χ3n) is 2.17. The first-order chi connectivity index (χ1) is 7.58. The summed E-state index contributed by atoms with van der Waals surface area (Å²) >= 11 is 11.8. The fourth-order valence-corrected chi connectivity index (χ4v) is 1.91. The molecule has 0 atom stereocenters. The van der Waals surface area contributed by atoms with Gasteiger partial charge in [-0.1, -0.05) is 23.2 Å². The Labute approximate surface area is 103 Å². The smallest absolute Gasteiger partial charge is 0.149 e. The highest BCUT2D eigenvalue weighted by Gasteiger charge is 2.10. The van der Waals surface area contributed by atoms with Crippen LogP contribution in [0.2, 0.25) is 10.0 Å². The molecule has 0 saturated carbocycles. The molecule has 0 aliphatic carbocycles. The maximum absolute atomic E-state index is 13.6. The first kappa shape index (κ1) is 11.4. The monoisotopic (exact) mass is 255 g/mol. The van der Waals surface area contributed by atoms with E-state index in [0.717, 1.165) is 5.69 Å². The van der Waals surface area contributed by atoms with Gasteiger partial charge >= 0.3 is 0 Å². The van der Waals surface area contributed by atoms with Crippen molar-refractivity contribution in [3.63, 3.8) is 0 Å². The van der Waals surface area contributed by atoms with Crippen molar-refractivity contribution in [2.75, 3.05) is 0 Å². The lowest BCUT2D eigenvalue weighted by Crippen LogP contribution is -1.92. The molecule has 2 rings (SSSR count). The van der Waals surface area contributed by atoms with Gasteiger partial charge < -0.3 is 0 Å². The number of pyridine rings is 1. The number of rotatable bonds is 1. The maximum Gasteiger partial charge on any atom is 0.149 e. The number of hydrogen-bond acceptors (Lipinski definition) is 1.